The first-order valence-corrected chi connectivity index (χ1v) is 8.01. The number of hydrogen-bond donors (Lipinski definition) is 1. The third kappa shape index (κ3) is 4.21. The second-order valence-electron chi connectivity index (χ2n) is 7.30. The molecule has 0 fully saturated rings. The van der Waals surface area contributed by atoms with Gasteiger partial charge in [-0.3, -0.25) is 0 Å². The van der Waals surface area contributed by atoms with E-state index in [0.717, 1.165) is 34.2 Å². The van der Waals surface area contributed by atoms with E-state index in [1.807, 2.05) is 36.4 Å². The Morgan fingerprint density at radius 2 is 1.67 bits per heavy atom. The van der Waals surface area contributed by atoms with E-state index in [1.165, 1.54) is 0 Å². The molecule has 0 amide bonds. The number of halogens is 1. The zero-order valence-corrected chi connectivity index (χ0v) is 14.1. The molecule has 2 heteroatoms. The summed E-state index contributed by atoms with van der Waals surface area (Å²) in [4.78, 5) is 0. The molecule has 0 saturated carbocycles. The van der Waals surface area contributed by atoms with Crippen LogP contribution in [0.2, 0.25) is 5.02 Å². The van der Waals surface area contributed by atoms with Gasteiger partial charge in [0.2, 0.25) is 0 Å². The van der Waals surface area contributed by atoms with Crippen molar-refractivity contribution < 1.29 is 5.11 Å². The molecule has 2 aromatic rings. The van der Waals surface area contributed by atoms with Gasteiger partial charge in [0.1, 0.15) is 0 Å². The van der Waals surface area contributed by atoms with Crippen LogP contribution in [0.1, 0.15) is 52.2 Å². The van der Waals surface area contributed by atoms with Crippen molar-refractivity contribution in [2.75, 3.05) is 0 Å². The predicted molar refractivity (Wildman–Crippen MR) is 91.8 cm³/mol. The Morgan fingerprint density at radius 3 is 2.29 bits per heavy atom. The summed E-state index contributed by atoms with van der Waals surface area (Å²) in [5.74, 6) is 0.481. The molecule has 0 saturated heterocycles. The van der Waals surface area contributed by atoms with Gasteiger partial charge in [-0.05, 0) is 41.2 Å². The molecule has 0 radical (unpaired) electrons. The van der Waals surface area contributed by atoms with E-state index < -0.39 is 6.10 Å². The molecule has 0 spiro atoms. The van der Waals surface area contributed by atoms with Gasteiger partial charge in [0.05, 0.1) is 6.10 Å². The minimum absolute atomic E-state index is 0.293. The second kappa shape index (κ2) is 6.37. The number of hydrogen-bond acceptors (Lipinski definition) is 1. The third-order valence-corrected chi connectivity index (χ3v) is 4.18. The summed E-state index contributed by atoms with van der Waals surface area (Å²) in [6.07, 6.45) is 1.45. The molecule has 1 N–H and O–H groups in total. The molecule has 0 aliphatic heterocycles. The van der Waals surface area contributed by atoms with E-state index >= 15 is 0 Å². The molecule has 2 rings (SSSR count). The molecule has 2 aromatic carbocycles. The fourth-order valence-corrected chi connectivity index (χ4v) is 3.44. The largest absolute Gasteiger partial charge is 0.388 e. The first-order valence-electron chi connectivity index (χ1n) is 7.63. The van der Waals surface area contributed by atoms with E-state index in [0.29, 0.717) is 11.3 Å². The summed E-state index contributed by atoms with van der Waals surface area (Å²) in [7, 11) is 0. The van der Waals surface area contributed by atoms with Gasteiger partial charge >= 0.3 is 0 Å². The van der Waals surface area contributed by atoms with Gasteiger partial charge in [0, 0.05) is 10.4 Å². The lowest BCUT2D eigenvalue weighted by Gasteiger charge is -2.25. The minimum Gasteiger partial charge on any atom is -0.388 e. The smallest absolute Gasteiger partial charge is 0.0798 e. The zero-order chi connectivity index (χ0) is 15.6. The fourth-order valence-electron chi connectivity index (χ4n) is 3.21. The summed E-state index contributed by atoms with van der Waals surface area (Å²) in [6, 6.07) is 11.9. The Labute approximate surface area is 132 Å². The van der Waals surface area contributed by atoms with Gasteiger partial charge in [0.15, 0.2) is 0 Å². The standard InChI is InChI=1S/C19H25ClO/c1-13(12-19(2,3)4)11-18(21)16-9-10-17(20)15-8-6-5-7-14(15)16/h5-10,13,18,21H,11-12H2,1-4H3. The van der Waals surface area contributed by atoms with Gasteiger partial charge in [0.25, 0.3) is 0 Å². The molecular formula is C19H25ClO. The maximum absolute atomic E-state index is 10.6. The third-order valence-electron chi connectivity index (χ3n) is 3.85. The van der Waals surface area contributed by atoms with Crippen LogP contribution < -0.4 is 0 Å². The number of benzene rings is 2. The van der Waals surface area contributed by atoms with Crippen molar-refractivity contribution in [3.63, 3.8) is 0 Å². The molecule has 114 valence electrons. The first-order chi connectivity index (χ1) is 9.78. The van der Waals surface area contributed by atoms with E-state index in [9.17, 15) is 5.11 Å². The molecule has 0 heterocycles. The lowest BCUT2D eigenvalue weighted by atomic mass is 9.82. The average molecular weight is 305 g/mol. The van der Waals surface area contributed by atoms with Gasteiger partial charge in [-0.25, -0.2) is 0 Å². The van der Waals surface area contributed by atoms with Crippen LogP contribution in [0.25, 0.3) is 10.8 Å². The summed E-state index contributed by atoms with van der Waals surface area (Å²) in [5, 5.41) is 13.4. The Bertz CT molecular complexity index is 612. The maximum Gasteiger partial charge on any atom is 0.0798 e. The van der Waals surface area contributed by atoms with Crippen molar-refractivity contribution in [3.8, 4) is 0 Å². The molecule has 1 nitrogen and oxygen atoms in total. The van der Waals surface area contributed by atoms with Crippen molar-refractivity contribution in [1.29, 1.82) is 0 Å². The summed E-state index contributed by atoms with van der Waals surface area (Å²) < 4.78 is 0. The summed E-state index contributed by atoms with van der Waals surface area (Å²) in [6.45, 7) is 8.95. The topological polar surface area (TPSA) is 20.2 Å². The van der Waals surface area contributed by atoms with Gasteiger partial charge < -0.3 is 5.11 Å². The van der Waals surface area contributed by atoms with Gasteiger partial charge in [-0.1, -0.05) is 69.6 Å². The van der Waals surface area contributed by atoms with Crippen LogP contribution in [-0.4, -0.2) is 5.11 Å². The van der Waals surface area contributed by atoms with Crippen molar-refractivity contribution in [2.45, 2.75) is 46.6 Å². The van der Waals surface area contributed by atoms with Crippen LogP contribution in [0.5, 0.6) is 0 Å². The van der Waals surface area contributed by atoms with Gasteiger partial charge in [-0.2, -0.15) is 0 Å². The first kappa shape index (κ1) is 16.3. The minimum atomic E-state index is -0.440. The molecule has 2 unspecified atom stereocenters. The highest BCUT2D eigenvalue weighted by Gasteiger charge is 2.20. The normalized spacial score (nSPS) is 15.1. The van der Waals surface area contributed by atoms with Gasteiger partial charge in [-0.15, -0.1) is 0 Å². The zero-order valence-electron chi connectivity index (χ0n) is 13.4. The highest BCUT2D eigenvalue weighted by Crippen LogP contribution is 2.35. The average Bonchev–Trinajstić information content (AvgIpc) is 2.37. The van der Waals surface area contributed by atoms with E-state index in [1.54, 1.807) is 0 Å². The maximum atomic E-state index is 10.6. The molecule has 21 heavy (non-hydrogen) atoms. The molecule has 0 aliphatic rings. The summed E-state index contributed by atoms with van der Waals surface area (Å²) >= 11 is 6.24. The van der Waals surface area contributed by atoms with Crippen LogP contribution in [-0.2, 0) is 0 Å². The summed E-state index contributed by atoms with van der Waals surface area (Å²) in [5.41, 5.74) is 1.28. The lowest BCUT2D eigenvalue weighted by molar-refractivity contribution is 0.135. The van der Waals surface area contributed by atoms with Crippen LogP contribution >= 0.6 is 11.6 Å². The fraction of sp³-hybridized carbons (Fsp3) is 0.474. The van der Waals surface area contributed by atoms with Crippen LogP contribution in [0.15, 0.2) is 36.4 Å². The Kier molecular flexibility index (Phi) is 4.95. The Balaban J connectivity index is 2.24. The van der Waals surface area contributed by atoms with Crippen molar-refractivity contribution in [3.05, 3.63) is 47.0 Å². The lowest BCUT2D eigenvalue weighted by Crippen LogP contribution is -2.13. The van der Waals surface area contributed by atoms with Crippen LogP contribution in [0.3, 0.4) is 0 Å². The van der Waals surface area contributed by atoms with E-state index in [2.05, 4.69) is 27.7 Å². The molecule has 0 bridgehead atoms. The Hall–Kier alpha value is -1.05. The van der Waals surface area contributed by atoms with Crippen LogP contribution in [0, 0.1) is 11.3 Å². The highest BCUT2D eigenvalue weighted by atomic mass is 35.5. The van der Waals surface area contributed by atoms with Crippen molar-refractivity contribution >= 4 is 22.4 Å². The highest BCUT2D eigenvalue weighted by molar-refractivity contribution is 6.35. The molecule has 0 aromatic heterocycles. The molecule has 0 aliphatic carbocycles. The number of aliphatic hydroxyl groups excluding tert-OH is 1. The quantitative estimate of drug-likeness (QED) is 0.735. The van der Waals surface area contributed by atoms with Crippen molar-refractivity contribution in [2.24, 2.45) is 11.3 Å². The number of fused-ring (bicyclic) bond motifs is 1. The Morgan fingerprint density at radius 1 is 1.05 bits per heavy atom. The number of rotatable bonds is 4. The van der Waals surface area contributed by atoms with E-state index in [-0.39, 0.29) is 0 Å². The monoisotopic (exact) mass is 304 g/mol. The second-order valence-corrected chi connectivity index (χ2v) is 7.71. The molecular weight excluding hydrogens is 280 g/mol. The van der Waals surface area contributed by atoms with E-state index in [4.69, 9.17) is 11.6 Å². The predicted octanol–water partition coefficient (Wildman–Crippen LogP) is 5.99. The molecule has 2 atom stereocenters. The number of aliphatic hydroxyl groups is 1. The van der Waals surface area contributed by atoms with Crippen molar-refractivity contribution in [1.82, 2.24) is 0 Å². The van der Waals surface area contributed by atoms with Crippen LogP contribution in [0.4, 0.5) is 0 Å². The SMILES string of the molecule is CC(CC(O)c1ccc(Cl)c2ccccc12)CC(C)(C)C.